The fraction of sp³-hybridized carbons (Fsp3) is 0.559. The number of nitrogens with zero attached hydrogens (tertiary/aromatic N) is 2. The van der Waals surface area contributed by atoms with Gasteiger partial charge < -0.3 is 10.1 Å². The van der Waals surface area contributed by atoms with Gasteiger partial charge >= 0.3 is 0 Å². The number of hydrogen-bond acceptors (Lipinski definition) is 4. The molecule has 5 nitrogen and oxygen atoms in total. The molecular formula is C34H55N3O2. The average molecular weight is 538 g/mol. The zero-order valence-electron chi connectivity index (χ0n) is 25.8. The molecule has 218 valence electrons. The molecule has 1 saturated carbocycles. The number of hydrogen-bond donors (Lipinski definition) is 1. The predicted octanol–water partition coefficient (Wildman–Crippen LogP) is 8.22. The van der Waals surface area contributed by atoms with Crippen molar-refractivity contribution in [1.29, 1.82) is 0 Å². The molecule has 39 heavy (non-hydrogen) atoms. The molecule has 0 aromatic heterocycles. The highest BCUT2D eigenvalue weighted by molar-refractivity contribution is 5.94. The van der Waals surface area contributed by atoms with Gasteiger partial charge in [0.1, 0.15) is 5.78 Å². The van der Waals surface area contributed by atoms with E-state index in [1.807, 2.05) is 82.1 Å². The third-order valence-corrected chi connectivity index (χ3v) is 7.09. The highest BCUT2D eigenvalue weighted by atomic mass is 16.2. The summed E-state index contributed by atoms with van der Waals surface area (Å²) in [6.45, 7) is 22.6. The largest absolute Gasteiger partial charge is 0.356 e. The Hall–Kier alpha value is -2.95. The first-order valence-corrected chi connectivity index (χ1v) is 14.9. The molecule has 1 aliphatic heterocycles. The smallest absolute Gasteiger partial charge is 0.224 e. The summed E-state index contributed by atoms with van der Waals surface area (Å²) in [5.41, 5.74) is 1.73. The second kappa shape index (κ2) is 21.9. The molecule has 1 aliphatic carbocycles. The number of rotatable bonds is 10. The molecule has 1 amide bonds. The van der Waals surface area contributed by atoms with Gasteiger partial charge in [0.25, 0.3) is 0 Å². The quantitative estimate of drug-likeness (QED) is 0.306. The Morgan fingerprint density at radius 1 is 1.00 bits per heavy atom. The van der Waals surface area contributed by atoms with Gasteiger partial charge in [0.2, 0.25) is 5.91 Å². The average Bonchev–Trinajstić information content (AvgIpc) is 3.37. The summed E-state index contributed by atoms with van der Waals surface area (Å²) < 4.78 is 0. The number of nitrogens with one attached hydrogen (secondary N) is 1. The van der Waals surface area contributed by atoms with E-state index in [0.29, 0.717) is 19.0 Å². The van der Waals surface area contributed by atoms with Gasteiger partial charge in [0.15, 0.2) is 0 Å². The summed E-state index contributed by atoms with van der Waals surface area (Å²) in [6, 6.07) is 12.0. The van der Waals surface area contributed by atoms with Crippen molar-refractivity contribution >= 4 is 17.4 Å². The molecule has 0 radical (unpaired) electrons. The summed E-state index contributed by atoms with van der Waals surface area (Å²) in [6.07, 6.45) is 11.7. The van der Waals surface area contributed by atoms with Crippen LogP contribution in [0.15, 0.2) is 78.6 Å². The van der Waals surface area contributed by atoms with Crippen LogP contribution < -0.4 is 5.32 Å². The summed E-state index contributed by atoms with van der Waals surface area (Å²) >= 11 is 0. The number of carbonyl (C=O) groups excluding carboxylic acids is 2. The van der Waals surface area contributed by atoms with E-state index in [4.69, 9.17) is 0 Å². The van der Waals surface area contributed by atoms with Crippen molar-refractivity contribution in [2.45, 2.75) is 87.0 Å². The molecule has 1 aromatic carbocycles. The Kier molecular flexibility index (Phi) is 20.3. The van der Waals surface area contributed by atoms with Crippen LogP contribution in [-0.2, 0) is 9.59 Å². The van der Waals surface area contributed by atoms with Crippen LogP contribution >= 0.6 is 0 Å². The zero-order chi connectivity index (χ0) is 29.6. The van der Waals surface area contributed by atoms with Crippen LogP contribution in [0.5, 0.6) is 0 Å². The fourth-order valence-corrected chi connectivity index (χ4v) is 4.92. The second-order valence-corrected chi connectivity index (χ2v) is 9.67. The Bertz CT molecular complexity index is 856. The van der Waals surface area contributed by atoms with Gasteiger partial charge in [-0.3, -0.25) is 9.80 Å². The molecule has 2 unspecified atom stereocenters. The van der Waals surface area contributed by atoms with Crippen molar-refractivity contribution in [2.24, 2.45) is 28.8 Å². The van der Waals surface area contributed by atoms with Crippen molar-refractivity contribution in [3.05, 3.63) is 73.5 Å². The first-order chi connectivity index (χ1) is 18.9. The van der Waals surface area contributed by atoms with E-state index in [2.05, 4.69) is 30.5 Å². The molecule has 3 rings (SSSR count). The van der Waals surface area contributed by atoms with Crippen molar-refractivity contribution in [1.82, 2.24) is 10.3 Å². The van der Waals surface area contributed by atoms with Crippen molar-refractivity contribution in [3.8, 4) is 0 Å². The first-order valence-electron chi connectivity index (χ1n) is 14.9. The van der Waals surface area contributed by atoms with Gasteiger partial charge in [-0.1, -0.05) is 110 Å². The minimum absolute atomic E-state index is 0.0212. The Labute approximate surface area is 239 Å². The van der Waals surface area contributed by atoms with E-state index >= 15 is 0 Å². The topological polar surface area (TPSA) is 61.8 Å². The number of hydrazone groups is 1. The molecule has 2 atom stereocenters. The van der Waals surface area contributed by atoms with Gasteiger partial charge in [-0.2, -0.15) is 5.10 Å². The van der Waals surface area contributed by atoms with E-state index < -0.39 is 0 Å². The minimum Gasteiger partial charge on any atom is -0.356 e. The van der Waals surface area contributed by atoms with Gasteiger partial charge in [-0.15, -0.1) is 0 Å². The van der Waals surface area contributed by atoms with Crippen LogP contribution in [0, 0.1) is 23.7 Å². The third-order valence-electron chi connectivity index (χ3n) is 7.09. The highest BCUT2D eigenvalue weighted by Crippen LogP contribution is 2.31. The lowest BCUT2D eigenvalue weighted by Gasteiger charge is -2.29. The molecular weight excluding hydrogens is 482 g/mol. The van der Waals surface area contributed by atoms with E-state index in [-0.39, 0.29) is 29.9 Å². The number of Topliss-reactive ketones (excluding diaryl/α,β-unsaturated/α-hetero) is 1. The molecule has 1 N–H and O–H groups in total. The molecule has 5 heteroatoms. The van der Waals surface area contributed by atoms with E-state index in [0.717, 1.165) is 17.3 Å². The lowest BCUT2D eigenvalue weighted by molar-refractivity contribution is -0.130. The summed E-state index contributed by atoms with van der Waals surface area (Å²) in [5, 5.41) is 9.61. The van der Waals surface area contributed by atoms with Crippen molar-refractivity contribution in [2.75, 3.05) is 13.1 Å². The molecule has 0 saturated heterocycles. The maximum atomic E-state index is 13.1. The summed E-state index contributed by atoms with van der Waals surface area (Å²) in [5.74, 6) is 0.944. The Morgan fingerprint density at radius 2 is 1.51 bits per heavy atom. The summed E-state index contributed by atoms with van der Waals surface area (Å²) in [4.78, 5) is 25.0. The van der Waals surface area contributed by atoms with E-state index in [1.54, 1.807) is 19.1 Å². The van der Waals surface area contributed by atoms with Crippen LogP contribution in [0.2, 0.25) is 0 Å². The summed E-state index contributed by atoms with van der Waals surface area (Å²) in [7, 11) is 0. The van der Waals surface area contributed by atoms with E-state index in [1.165, 1.54) is 32.1 Å². The molecule has 2 aliphatic rings. The maximum Gasteiger partial charge on any atom is 0.224 e. The van der Waals surface area contributed by atoms with E-state index in [9.17, 15) is 9.59 Å². The standard InChI is InChI=1S/C24H37N3O2.C6H6.2C2H6/c1-6-9-21(8-3)27-16-23(18(5)26-27)22(14-17(4)28)24(29)25-15-20-12-10-19(7-2)11-13-20;1-2-4-6-5-3-1;2*1-2/h6,8-9,19-20,22-23H,1,3,7,10-16H2,2,4-5H3,(H,25,29);1-6H;2*1-2H3/b21-9+;;;. The van der Waals surface area contributed by atoms with Gasteiger partial charge in [0, 0.05) is 24.6 Å². The number of carbonyl (C=O) groups is 2. The van der Waals surface area contributed by atoms with Crippen molar-refractivity contribution in [3.63, 3.8) is 0 Å². The van der Waals surface area contributed by atoms with Gasteiger partial charge in [-0.05, 0) is 50.7 Å². The third kappa shape index (κ3) is 13.6. The SMILES string of the molecule is C=C/C=C(\C=C)N1CC(C(CC(C)=O)C(=O)NCC2CCC(CC)CC2)C(C)=N1.CC.CC.c1ccccc1. The number of amides is 1. The van der Waals surface area contributed by atoms with Crippen LogP contribution in [0.25, 0.3) is 0 Å². The lowest BCUT2D eigenvalue weighted by Crippen LogP contribution is -2.41. The number of ketones is 1. The predicted molar refractivity (Wildman–Crippen MR) is 168 cm³/mol. The normalized spacial score (nSPS) is 20.8. The fourth-order valence-electron chi connectivity index (χ4n) is 4.92. The van der Waals surface area contributed by atoms with Crippen LogP contribution in [0.3, 0.4) is 0 Å². The minimum atomic E-state index is -0.386. The molecule has 0 spiro atoms. The van der Waals surface area contributed by atoms with Gasteiger partial charge in [-0.25, -0.2) is 0 Å². The number of benzene rings is 1. The number of allylic oxidation sites excluding steroid dienone is 3. The first kappa shape index (κ1) is 36.0. The monoisotopic (exact) mass is 537 g/mol. The Morgan fingerprint density at radius 3 is 1.95 bits per heavy atom. The Balaban J connectivity index is 0.00000123. The zero-order valence-corrected chi connectivity index (χ0v) is 25.8. The highest BCUT2D eigenvalue weighted by Gasteiger charge is 2.37. The van der Waals surface area contributed by atoms with Crippen LogP contribution in [0.4, 0.5) is 0 Å². The second-order valence-electron chi connectivity index (χ2n) is 9.67. The lowest BCUT2D eigenvalue weighted by atomic mass is 9.80. The van der Waals surface area contributed by atoms with Crippen LogP contribution in [-0.4, -0.2) is 35.5 Å². The molecule has 0 bridgehead atoms. The molecule has 1 fully saturated rings. The molecule has 1 heterocycles. The molecule has 1 aromatic rings. The van der Waals surface area contributed by atoms with Crippen LogP contribution in [0.1, 0.15) is 87.0 Å². The van der Waals surface area contributed by atoms with Gasteiger partial charge in [0.05, 0.1) is 18.2 Å². The maximum absolute atomic E-state index is 13.1. The van der Waals surface area contributed by atoms with Crippen molar-refractivity contribution < 1.29 is 9.59 Å².